The van der Waals surface area contributed by atoms with E-state index in [1.165, 1.54) is 18.4 Å². The van der Waals surface area contributed by atoms with Crippen molar-refractivity contribution in [3.05, 3.63) is 23.8 Å². The standard InChI is InChI=1S/C16H30N2/c1-6-14(4)17-11-16(10-8-9-13(16)3)12-18-15(5)7-2/h8-10,14-15,17-18H,6-7,11-12H2,1-5H3. The van der Waals surface area contributed by atoms with Gasteiger partial charge in [0.25, 0.3) is 0 Å². The number of hydrogen-bond acceptors (Lipinski definition) is 2. The third-order valence-corrected chi connectivity index (χ3v) is 4.30. The van der Waals surface area contributed by atoms with Gasteiger partial charge in [-0.3, -0.25) is 0 Å². The second kappa shape index (κ2) is 7.10. The van der Waals surface area contributed by atoms with E-state index in [0.717, 1.165) is 13.1 Å². The van der Waals surface area contributed by atoms with Gasteiger partial charge in [-0.1, -0.05) is 37.6 Å². The van der Waals surface area contributed by atoms with E-state index in [4.69, 9.17) is 0 Å². The van der Waals surface area contributed by atoms with Crippen molar-refractivity contribution in [2.24, 2.45) is 5.41 Å². The van der Waals surface area contributed by atoms with Crippen molar-refractivity contribution in [1.82, 2.24) is 10.6 Å². The first kappa shape index (κ1) is 15.5. The molecule has 2 nitrogen and oxygen atoms in total. The lowest BCUT2D eigenvalue weighted by Gasteiger charge is -2.33. The van der Waals surface area contributed by atoms with E-state index in [2.05, 4.69) is 63.5 Å². The fourth-order valence-electron chi connectivity index (χ4n) is 2.13. The van der Waals surface area contributed by atoms with Crippen molar-refractivity contribution in [2.75, 3.05) is 13.1 Å². The molecule has 2 atom stereocenters. The summed E-state index contributed by atoms with van der Waals surface area (Å²) in [6.07, 6.45) is 9.16. The highest BCUT2D eigenvalue weighted by atomic mass is 15.0. The van der Waals surface area contributed by atoms with E-state index in [-0.39, 0.29) is 5.41 Å². The maximum absolute atomic E-state index is 3.66. The largest absolute Gasteiger partial charge is 0.313 e. The topological polar surface area (TPSA) is 24.1 Å². The van der Waals surface area contributed by atoms with Gasteiger partial charge in [-0.25, -0.2) is 0 Å². The lowest BCUT2D eigenvalue weighted by Crippen LogP contribution is -2.45. The van der Waals surface area contributed by atoms with Crippen LogP contribution in [0.4, 0.5) is 0 Å². The normalized spacial score (nSPS) is 26.2. The summed E-state index contributed by atoms with van der Waals surface area (Å²) in [4.78, 5) is 0. The minimum atomic E-state index is 0.173. The molecule has 0 aromatic carbocycles. The highest BCUT2D eigenvalue weighted by Gasteiger charge is 2.31. The van der Waals surface area contributed by atoms with Crippen LogP contribution in [-0.2, 0) is 0 Å². The quantitative estimate of drug-likeness (QED) is 0.691. The average molecular weight is 250 g/mol. The third-order valence-electron chi connectivity index (χ3n) is 4.30. The second-order valence-corrected chi connectivity index (χ2v) is 5.75. The molecule has 2 unspecified atom stereocenters. The minimum Gasteiger partial charge on any atom is -0.313 e. The fourth-order valence-corrected chi connectivity index (χ4v) is 2.13. The Labute approximate surface area is 113 Å². The van der Waals surface area contributed by atoms with Crippen molar-refractivity contribution in [2.45, 2.75) is 59.5 Å². The van der Waals surface area contributed by atoms with E-state index in [9.17, 15) is 0 Å². The molecule has 0 aromatic heterocycles. The van der Waals surface area contributed by atoms with Gasteiger partial charge in [-0.15, -0.1) is 0 Å². The van der Waals surface area contributed by atoms with Gasteiger partial charge in [-0.05, 0) is 33.6 Å². The van der Waals surface area contributed by atoms with Crippen molar-refractivity contribution < 1.29 is 0 Å². The molecule has 0 bridgehead atoms. The monoisotopic (exact) mass is 250 g/mol. The second-order valence-electron chi connectivity index (χ2n) is 5.75. The molecule has 2 heteroatoms. The highest BCUT2D eigenvalue weighted by molar-refractivity contribution is 5.34. The zero-order chi connectivity index (χ0) is 13.6. The van der Waals surface area contributed by atoms with Crippen LogP contribution >= 0.6 is 0 Å². The van der Waals surface area contributed by atoms with Gasteiger partial charge in [0.15, 0.2) is 0 Å². The van der Waals surface area contributed by atoms with Crippen LogP contribution in [0.25, 0.3) is 0 Å². The lowest BCUT2D eigenvalue weighted by molar-refractivity contribution is 0.352. The Bertz CT molecular complexity index is 290. The van der Waals surface area contributed by atoms with Gasteiger partial charge in [0.1, 0.15) is 0 Å². The number of rotatable bonds is 8. The maximum Gasteiger partial charge on any atom is 0.0344 e. The summed E-state index contributed by atoms with van der Waals surface area (Å²) in [6, 6.07) is 1.18. The molecule has 2 N–H and O–H groups in total. The molecule has 0 saturated carbocycles. The van der Waals surface area contributed by atoms with E-state index >= 15 is 0 Å². The number of hydrogen-bond donors (Lipinski definition) is 2. The molecular weight excluding hydrogens is 220 g/mol. The Hall–Kier alpha value is -0.600. The van der Waals surface area contributed by atoms with Gasteiger partial charge in [0.05, 0.1) is 0 Å². The van der Waals surface area contributed by atoms with Crippen LogP contribution < -0.4 is 10.6 Å². The molecule has 0 radical (unpaired) electrons. The molecule has 0 aromatic rings. The highest BCUT2D eigenvalue weighted by Crippen LogP contribution is 2.32. The first-order valence-electron chi connectivity index (χ1n) is 7.37. The van der Waals surface area contributed by atoms with E-state index in [0.29, 0.717) is 12.1 Å². The third kappa shape index (κ3) is 3.96. The SMILES string of the molecule is CCC(C)NCC1(CNC(C)CC)C=CC=C1C. The predicted octanol–water partition coefficient (Wildman–Crippen LogP) is 3.27. The Balaban J connectivity index is 2.60. The van der Waals surface area contributed by atoms with E-state index < -0.39 is 0 Å². The molecule has 1 aliphatic rings. The molecule has 0 fully saturated rings. The van der Waals surface area contributed by atoms with Gasteiger partial charge in [-0.2, -0.15) is 0 Å². The van der Waals surface area contributed by atoms with Crippen LogP contribution in [0.1, 0.15) is 47.5 Å². The molecule has 0 saturated heterocycles. The zero-order valence-electron chi connectivity index (χ0n) is 12.7. The zero-order valence-corrected chi connectivity index (χ0v) is 12.7. The molecule has 18 heavy (non-hydrogen) atoms. The average Bonchev–Trinajstić information content (AvgIpc) is 2.75. The minimum absolute atomic E-state index is 0.173. The molecule has 1 rings (SSSR count). The lowest BCUT2D eigenvalue weighted by atomic mass is 9.82. The molecular formula is C16H30N2. The Kier molecular flexibility index (Phi) is 6.10. The first-order valence-corrected chi connectivity index (χ1v) is 7.37. The van der Waals surface area contributed by atoms with E-state index in [1.807, 2.05) is 0 Å². The maximum atomic E-state index is 3.66. The molecule has 0 heterocycles. The molecule has 0 aliphatic heterocycles. The van der Waals surface area contributed by atoms with Crippen molar-refractivity contribution in [3.63, 3.8) is 0 Å². The summed E-state index contributed by atoms with van der Waals surface area (Å²) < 4.78 is 0. The summed E-state index contributed by atoms with van der Waals surface area (Å²) in [5.41, 5.74) is 1.64. The van der Waals surface area contributed by atoms with Crippen LogP contribution in [0.3, 0.4) is 0 Å². The van der Waals surface area contributed by atoms with Crippen LogP contribution in [0.5, 0.6) is 0 Å². The summed E-state index contributed by atoms with van der Waals surface area (Å²) in [7, 11) is 0. The van der Waals surface area contributed by atoms with Crippen molar-refractivity contribution in [1.29, 1.82) is 0 Å². The summed E-state index contributed by atoms with van der Waals surface area (Å²) in [5.74, 6) is 0. The molecule has 1 aliphatic carbocycles. The fraction of sp³-hybridized carbons (Fsp3) is 0.750. The van der Waals surface area contributed by atoms with Crippen LogP contribution in [0.15, 0.2) is 23.8 Å². The summed E-state index contributed by atoms with van der Waals surface area (Å²) in [5, 5.41) is 7.31. The predicted molar refractivity (Wildman–Crippen MR) is 80.8 cm³/mol. The van der Waals surface area contributed by atoms with Crippen LogP contribution in [0.2, 0.25) is 0 Å². The van der Waals surface area contributed by atoms with Crippen molar-refractivity contribution in [3.8, 4) is 0 Å². The Morgan fingerprint density at radius 3 is 1.89 bits per heavy atom. The van der Waals surface area contributed by atoms with Crippen LogP contribution in [-0.4, -0.2) is 25.2 Å². The van der Waals surface area contributed by atoms with E-state index in [1.54, 1.807) is 0 Å². The summed E-state index contributed by atoms with van der Waals surface area (Å²) in [6.45, 7) is 13.3. The molecule has 104 valence electrons. The van der Waals surface area contributed by atoms with Crippen LogP contribution in [0, 0.1) is 5.41 Å². The molecule has 0 amide bonds. The van der Waals surface area contributed by atoms with Gasteiger partial charge < -0.3 is 10.6 Å². The number of allylic oxidation sites excluding steroid dienone is 2. The van der Waals surface area contributed by atoms with Gasteiger partial charge in [0.2, 0.25) is 0 Å². The van der Waals surface area contributed by atoms with Gasteiger partial charge in [0, 0.05) is 30.6 Å². The van der Waals surface area contributed by atoms with Gasteiger partial charge >= 0.3 is 0 Å². The summed E-state index contributed by atoms with van der Waals surface area (Å²) >= 11 is 0. The number of nitrogens with one attached hydrogen (secondary N) is 2. The Morgan fingerprint density at radius 2 is 1.56 bits per heavy atom. The Morgan fingerprint density at radius 1 is 1.06 bits per heavy atom. The molecule has 0 spiro atoms. The first-order chi connectivity index (χ1) is 8.54. The van der Waals surface area contributed by atoms with Crippen molar-refractivity contribution >= 4 is 0 Å². The smallest absolute Gasteiger partial charge is 0.0344 e.